The zero-order valence-electron chi connectivity index (χ0n) is 9.31. The lowest BCUT2D eigenvalue weighted by Crippen LogP contribution is -2.03. The topological polar surface area (TPSA) is 72.3 Å². The second-order valence-corrected chi connectivity index (χ2v) is 5.22. The normalized spacial score (nSPS) is 11.4. The van der Waals surface area contributed by atoms with Crippen LogP contribution < -0.4 is 4.74 Å². The van der Waals surface area contributed by atoms with E-state index >= 15 is 0 Å². The van der Waals surface area contributed by atoms with Crippen LogP contribution >= 0.6 is 27.3 Å². The summed E-state index contributed by atoms with van der Waals surface area (Å²) in [5, 5.41) is 13.6. The van der Waals surface area contributed by atoms with Gasteiger partial charge in [0.1, 0.15) is 5.75 Å². The van der Waals surface area contributed by atoms with Gasteiger partial charge in [-0.1, -0.05) is 16.4 Å². The number of benzene rings is 1. The molecule has 1 N–H and O–H groups in total. The molecule has 0 atom stereocenters. The highest BCUT2D eigenvalue weighted by Crippen LogP contribution is 2.37. The number of aromatic nitrogens is 2. The van der Waals surface area contributed by atoms with Gasteiger partial charge in [-0.3, -0.25) is 0 Å². The molecule has 0 unspecified atom stereocenters. The van der Waals surface area contributed by atoms with E-state index in [2.05, 4.69) is 26.1 Å². The minimum Gasteiger partial charge on any atom is -0.478 e. The molecule has 5 nitrogen and oxygen atoms in total. The number of carboxylic acid groups (broad SMARTS) is 1. The Balaban J connectivity index is 2.28. The van der Waals surface area contributed by atoms with Gasteiger partial charge in [-0.25, -0.2) is 4.79 Å². The zero-order valence-corrected chi connectivity index (χ0v) is 11.7. The van der Waals surface area contributed by atoms with Gasteiger partial charge in [-0.2, -0.15) is 13.2 Å². The van der Waals surface area contributed by atoms with Crippen molar-refractivity contribution in [3.63, 3.8) is 0 Å². The molecule has 0 aliphatic carbocycles. The minimum atomic E-state index is -4.60. The number of halogens is 4. The third kappa shape index (κ3) is 3.25. The lowest BCUT2D eigenvalue weighted by atomic mass is 10.2. The van der Waals surface area contributed by atoms with Gasteiger partial charge in [0.25, 0.3) is 5.19 Å². The van der Waals surface area contributed by atoms with E-state index in [9.17, 15) is 18.0 Å². The van der Waals surface area contributed by atoms with Crippen molar-refractivity contribution in [2.75, 3.05) is 0 Å². The maximum Gasteiger partial charge on any atom is 0.445 e. The molecule has 2 aromatic rings. The van der Waals surface area contributed by atoms with Crippen LogP contribution in [0.3, 0.4) is 0 Å². The number of ether oxygens (including phenoxy) is 1. The summed E-state index contributed by atoms with van der Waals surface area (Å²) >= 11 is 3.32. The summed E-state index contributed by atoms with van der Waals surface area (Å²) < 4.78 is 42.6. The van der Waals surface area contributed by atoms with E-state index in [1.807, 2.05) is 0 Å². The largest absolute Gasteiger partial charge is 0.478 e. The summed E-state index contributed by atoms with van der Waals surface area (Å²) in [6, 6.07) is 3.89. The molecule has 1 aromatic carbocycles. The lowest BCUT2D eigenvalue weighted by Gasteiger charge is -2.05. The Hall–Kier alpha value is -1.68. The molecular weight excluding hydrogens is 365 g/mol. The summed E-state index contributed by atoms with van der Waals surface area (Å²) in [6.07, 6.45) is -4.60. The molecule has 10 heteroatoms. The minimum absolute atomic E-state index is 0.0368. The first-order chi connectivity index (χ1) is 9.27. The van der Waals surface area contributed by atoms with Crippen molar-refractivity contribution in [2.45, 2.75) is 6.18 Å². The van der Waals surface area contributed by atoms with Crippen LogP contribution in [0.2, 0.25) is 0 Å². The average Bonchev–Trinajstić information content (AvgIpc) is 2.80. The van der Waals surface area contributed by atoms with E-state index in [1.54, 1.807) is 0 Å². The van der Waals surface area contributed by atoms with Crippen molar-refractivity contribution in [2.24, 2.45) is 0 Å². The number of hydrogen-bond donors (Lipinski definition) is 1. The standard InChI is InChI=1S/C10H4BrF3N2O3S/c11-5-2-1-4(7(17)18)3-6(5)19-9-16-15-8(20-9)10(12,13)14/h1-3H,(H,17,18). The van der Waals surface area contributed by atoms with Crippen LogP contribution in [0.4, 0.5) is 13.2 Å². The van der Waals surface area contributed by atoms with Crippen LogP contribution in [-0.2, 0) is 6.18 Å². The van der Waals surface area contributed by atoms with Crippen LogP contribution in [0, 0.1) is 0 Å². The van der Waals surface area contributed by atoms with Gasteiger partial charge in [-0.15, -0.1) is 5.10 Å². The highest BCUT2D eigenvalue weighted by Gasteiger charge is 2.36. The first-order valence-corrected chi connectivity index (χ1v) is 6.49. The first-order valence-electron chi connectivity index (χ1n) is 4.89. The third-order valence-electron chi connectivity index (χ3n) is 2.02. The van der Waals surface area contributed by atoms with Gasteiger partial charge >= 0.3 is 12.1 Å². The van der Waals surface area contributed by atoms with Gasteiger partial charge in [0.15, 0.2) is 0 Å². The number of nitrogens with zero attached hydrogens (tertiary/aromatic N) is 2. The fourth-order valence-electron chi connectivity index (χ4n) is 1.17. The molecule has 0 radical (unpaired) electrons. The van der Waals surface area contributed by atoms with Crippen molar-refractivity contribution in [1.29, 1.82) is 0 Å². The van der Waals surface area contributed by atoms with E-state index in [-0.39, 0.29) is 27.8 Å². The molecular formula is C10H4BrF3N2O3S. The Morgan fingerprint density at radius 1 is 1.35 bits per heavy atom. The Morgan fingerprint density at radius 3 is 2.60 bits per heavy atom. The number of hydrogen-bond acceptors (Lipinski definition) is 5. The molecule has 0 aliphatic rings. The fourth-order valence-corrected chi connectivity index (χ4v) is 2.08. The summed E-state index contributed by atoms with van der Waals surface area (Å²) in [5.41, 5.74) is -0.0660. The van der Waals surface area contributed by atoms with E-state index < -0.39 is 17.2 Å². The summed E-state index contributed by atoms with van der Waals surface area (Å²) in [6.45, 7) is 0. The number of rotatable bonds is 3. The zero-order chi connectivity index (χ0) is 14.9. The summed E-state index contributed by atoms with van der Waals surface area (Å²) in [7, 11) is 0. The molecule has 1 heterocycles. The molecule has 0 fully saturated rings. The van der Waals surface area contributed by atoms with Crippen LogP contribution in [0.5, 0.6) is 10.9 Å². The first kappa shape index (κ1) is 14.7. The molecule has 1 aromatic heterocycles. The SMILES string of the molecule is O=C(O)c1ccc(Br)c(Oc2nnc(C(F)(F)F)s2)c1. The predicted molar refractivity (Wildman–Crippen MR) is 66.1 cm³/mol. The molecule has 106 valence electrons. The Kier molecular flexibility index (Phi) is 3.95. The lowest BCUT2D eigenvalue weighted by molar-refractivity contribution is -0.138. The highest BCUT2D eigenvalue weighted by atomic mass is 79.9. The molecule has 0 saturated carbocycles. The maximum absolute atomic E-state index is 12.4. The quantitative estimate of drug-likeness (QED) is 0.891. The predicted octanol–water partition coefficient (Wildman–Crippen LogP) is 3.81. The Morgan fingerprint density at radius 2 is 2.05 bits per heavy atom. The van der Waals surface area contributed by atoms with Crippen LogP contribution in [0.15, 0.2) is 22.7 Å². The highest BCUT2D eigenvalue weighted by molar-refractivity contribution is 9.10. The number of alkyl halides is 3. The van der Waals surface area contributed by atoms with E-state index in [4.69, 9.17) is 9.84 Å². The molecule has 2 rings (SSSR count). The van der Waals surface area contributed by atoms with Gasteiger partial charge in [0, 0.05) is 0 Å². The number of carboxylic acids is 1. The van der Waals surface area contributed by atoms with Crippen molar-refractivity contribution >= 4 is 33.2 Å². The number of carbonyl (C=O) groups is 1. The van der Waals surface area contributed by atoms with Gasteiger partial charge in [0.05, 0.1) is 10.0 Å². The molecule has 0 aliphatic heterocycles. The summed E-state index contributed by atoms with van der Waals surface area (Å²) in [5.74, 6) is -1.15. The van der Waals surface area contributed by atoms with Crippen molar-refractivity contribution < 1.29 is 27.8 Å². The van der Waals surface area contributed by atoms with Crippen LogP contribution in [-0.4, -0.2) is 21.3 Å². The van der Waals surface area contributed by atoms with Gasteiger partial charge < -0.3 is 9.84 Å². The monoisotopic (exact) mass is 368 g/mol. The van der Waals surface area contributed by atoms with E-state index in [0.29, 0.717) is 4.47 Å². The Labute approximate surface area is 122 Å². The van der Waals surface area contributed by atoms with Crippen LogP contribution in [0.1, 0.15) is 15.4 Å². The molecule has 0 saturated heterocycles. The molecule has 0 bridgehead atoms. The van der Waals surface area contributed by atoms with Gasteiger partial charge in [0.2, 0.25) is 5.01 Å². The maximum atomic E-state index is 12.4. The average molecular weight is 369 g/mol. The molecule has 0 amide bonds. The Bertz CT molecular complexity index is 659. The number of aromatic carboxylic acids is 1. The fraction of sp³-hybridized carbons (Fsp3) is 0.100. The van der Waals surface area contributed by atoms with E-state index in [0.717, 1.165) is 0 Å². The smallest absolute Gasteiger partial charge is 0.445 e. The third-order valence-corrected chi connectivity index (χ3v) is 3.53. The van der Waals surface area contributed by atoms with Crippen LogP contribution in [0.25, 0.3) is 0 Å². The van der Waals surface area contributed by atoms with Crippen molar-refractivity contribution in [1.82, 2.24) is 10.2 Å². The van der Waals surface area contributed by atoms with Gasteiger partial charge in [-0.05, 0) is 34.1 Å². The second kappa shape index (κ2) is 5.37. The van der Waals surface area contributed by atoms with E-state index in [1.165, 1.54) is 18.2 Å². The van der Waals surface area contributed by atoms with Crippen molar-refractivity contribution in [3.8, 4) is 10.9 Å². The molecule has 20 heavy (non-hydrogen) atoms. The second-order valence-electron chi connectivity index (χ2n) is 3.42. The summed E-state index contributed by atoms with van der Waals surface area (Å²) in [4.78, 5) is 10.8. The van der Waals surface area contributed by atoms with Crippen molar-refractivity contribution in [3.05, 3.63) is 33.2 Å². The molecule has 0 spiro atoms.